The summed E-state index contributed by atoms with van der Waals surface area (Å²) in [7, 11) is 0. The second-order valence-corrected chi connectivity index (χ2v) is 6.11. The summed E-state index contributed by atoms with van der Waals surface area (Å²) in [5, 5.41) is 18.4. The molecule has 0 aliphatic rings. The van der Waals surface area contributed by atoms with Gasteiger partial charge in [-0.1, -0.05) is 12.1 Å². The maximum absolute atomic E-state index is 13.4. The largest absolute Gasteiger partial charge is 0.481 e. The van der Waals surface area contributed by atoms with Gasteiger partial charge in [-0.3, -0.25) is 4.79 Å². The molecular weight excluding hydrogens is 363 g/mol. The van der Waals surface area contributed by atoms with Gasteiger partial charge in [-0.25, -0.2) is 9.07 Å². The third-order valence-corrected chi connectivity index (χ3v) is 3.83. The maximum atomic E-state index is 13.4. The molecule has 1 amide bonds. The smallest absolute Gasteiger partial charge is 0.258 e. The summed E-state index contributed by atoms with van der Waals surface area (Å²) in [6.45, 7) is 4.44. The SMILES string of the molecule is Cc1cc(C)n(-c2ccc(NCCNC(=O)COc3ccccc3F)nn2)n1. The van der Waals surface area contributed by atoms with Crippen LogP contribution in [0, 0.1) is 19.7 Å². The van der Waals surface area contributed by atoms with E-state index in [4.69, 9.17) is 4.74 Å². The highest BCUT2D eigenvalue weighted by Crippen LogP contribution is 2.15. The third kappa shape index (κ3) is 5.03. The van der Waals surface area contributed by atoms with Crippen molar-refractivity contribution in [3.8, 4) is 11.6 Å². The van der Waals surface area contributed by atoms with Crippen molar-refractivity contribution >= 4 is 11.7 Å². The first-order valence-corrected chi connectivity index (χ1v) is 8.78. The van der Waals surface area contributed by atoms with Crippen LogP contribution in [0.4, 0.5) is 10.2 Å². The first kappa shape index (κ1) is 19.3. The number of aromatic nitrogens is 4. The fourth-order valence-corrected chi connectivity index (χ4v) is 2.54. The van der Waals surface area contributed by atoms with Gasteiger partial charge in [-0.15, -0.1) is 10.2 Å². The average Bonchev–Trinajstić information content (AvgIpc) is 3.03. The summed E-state index contributed by atoms with van der Waals surface area (Å²) < 4.78 is 20.3. The Morgan fingerprint density at radius 1 is 1.14 bits per heavy atom. The molecule has 3 rings (SSSR count). The average molecular weight is 384 g/mol. The van der Waals surface area contributed by atoms with Crippen LogP contribution in [-0.4, -0.2) is 45.6 Å². The number of benzene rings is 1. The molecule has 2 N–H and O–H groups in total. The van der Waals surface area contributed by atoms with E-state index >= 15 is 0 Å². The molecule has 9 heteroatoms. The topological polar surface area (TPSA) is 94.0 Å². The molecule has 0 unspecified atom stereocenters. The minimum atomic E-state index is -0.501. The van der Waals surface area contributed by atoms with Crippen molar-refractivity contribution in [3.63, 3.8) is 0 Å². The van der Waals surface area contributed by atoms with E-state index in [1.54, 1.807) is 22.9 Å². The van der Waals surface area contributed by atoms with Crippen LogP contribution in [0.3, 0.4) is 0 Å². The quantitative estimate of drug-likeness (QED) is 0.577. The number of halogens is 1. The van der Waals surface area contributed by atoms with Crippen molar-refractivity contribution in [2.75, 3.05) is 25.0 Å². The highest BCUT2D eigenvalue weighted by Gasteiger charge is 2.07. The van der Waals surface area contributed by atoms with Crippen LogP contribution < -0.4 is 15.4 Å². The van der Waals surface area contributed by atoms with Crippen LogP contribution >= 0.6 is 0 Å². The van der Waals surface area contributed by atoms with E-state index in [0.717, 1.165) is 11.4 Å². The van der Waals surface area contributed by atoms with Gasteiger partial charge in [-0.2, -0.15) is 5.10 Å². The molecule has 8 nitrogen and oxygen atoms in total. The molecule has 2 aromatic heterocycles. The first-order valence-electron chi connectivity index (χ1n) is 8.78. The molecule has 0 aliphatic heterocycles. The summed E-state index contributed by atoms with van der Waals surface area (Å²) >= 11 is 0. The second kappa shape index (κ2) is 8.94. The molecule has 1 aromatic carbocycles. The molecule has 3 aromatic rings. The van der Waals surface area contributed by atoms with Gasteiger partial charge in [-0.05, 0) is 44.2 Å². The van der Waals surface area contributed by atoms with E-state index in [9.17, 15) is 9.18 Å². The summed E-state index contributed by atoms with van der Waals surface area (Å²) in [4.78, 5) is 11.8. The summed E-state index contributed by atoms with van der Waals surface area (Å²) in [5.41, 5.74) is 1.89. The maximum Gasteiger partial charge on any atom is 0.258 e. The molecule has 0 saturated heterocycles. The van der Waals surface area contributed by atoms with Gasteiger partial charge in [0.05, 0.1) is 5.69 Å². The van der Waals surface area contributed by atoms with Gasteiger partial charge >= 0.3 is 0 Å². The number of nitrogens with zero attached hydrogens (tertiary/aromatic N) is 4. The number of nitrogens with one attached hydrogen (secondary N) is 2. The molecule has 0 fully saturated rings. The van der Waals surface area contributed by atoms with Crippen LogP contribution in [0.25, 0.3) is 5.82 Å². The predicted octanol–water partition coefficient (Wildman–Crippen LogP) is 2.03. The Hall–Kier alpha value is -3.49. The van der Waals surface area contributed by atoms with Crippen molar-refractivity contribution in [3.05, 3.63) is 59.7 Å². The van der Waals surface area contributed by atoms with Crippen LogP contribution in [0.15, 0.2) is 42.5 Å². The molecule has 0 aliphatic carbocycles. The zero-order valence-electron chi connectivity index (χ0n) is 15.6. The summed E-state index contributed by atoms with van der Waals surface area (Å²) in [6, 6.07) is 11.5. The van der Waals surface area contributed by atoms with E-state index in [0.29, 0.717) is 24.7 Å². The lowest BCUT2D eigenvalue weighted by atomic mass is 10.3. The Kier molecular flexibility index (Phi) is 6.15. The van der Waals surface area contributed by atoms with Gasteiger partial charge in [0.15, 0.2) is 24.0 Å². The zero-order chi connectivity index (χ0) is 19.9. The Bertz CT molecular complexity index is 942. The van der Waals surface area contributed by atoms with Crippen LogP contribution in [-0.2, 0) is 4.79 Å². The fourth-order valence-electron chi connectivity index (χ4n) is 2.54. The van der Waals surface area contributed by atoms with E-state index < -0.39 is 5.82 Å². The summed E-state index contributed by atoms with van der Waals surface area (Å²) in [6.07, 6.45) is 0. The third-order valence-electron chi connectivity index (χ3n) is 3.83. The lowest BCUT2D eigenvalue weighted by Gasteiger charge is -2.09. The van der Waals surface area contributed by atoms with Crippen molar-refractivity contribution < 1.29 is 13.9 Å². The molecule has 0 atom stereocenters. The number of ether oxygens (including phenoxy) is 1. The fraction of sp³-hybridized carbons (Fsp3) is 0.263. The molecule has 0 bridgehead atoms. The number of carbonyl (C=O) groups excluding carboxylic acids is 1. The molecule has 146 valence electrons. The van der Waals surface area contributed by atoms with Gasteiger partial charge in [0.2, 0.25) is 0 Å². The number of rotatable bonds is 8. The number of anilines is 1. The van der Waals surface area contributed by atoms with Gasteiger partial charge in [0, 0.05) is 18.8 Å². The molecular formula is C19H21FN6O2. The number of amides is 1. The summed E-state index contributed by atoms with van der Waals surface area (Å²) in [5.74, 6) is 0.432. The van der Waals surface area contributed by atoms with Crippen LogP contribution in [0.1, 0.15) is 11.4 Å². The van der Waals surface area contributed by atoms with Crippen molar-refractivity contribution in [2.24, 2.45) is 0 Å². The molecule has 28 heavy (non-hydrogen) atoms. The Morgan fingerprint density at radius 2 is 1.96 bits per heavy atom. The number of hydrogen-bond acceptors (Lipinski definition) is 6. The van der Waals surface area contributed by atoms with Gasteiger partial charge in [0.25, 0.3) is 5.91 Å². The number of aryl methyl sites for hydroxylation is 2. The molecule has 2 heterocycles. The molecule has 0 saturated carbocycles. The van der Waals surface area contributed by atoms with Crippen molar-refractivity contribution in [2.45, 2.75) is 13.8 Å². The second-order valence-electron chi connectivity index (χ2n) is 6.11. The molecule has 0 radical (unpaired) electrons. The number of hydrogen-bond donors (Lipinski definition) is 2. The molecule has 0 spiro atoms. The predicted molar refractivity (Wildman–Crippen MR) is 102 cm³/mol. The Morgan fingerprint density at radius 3 is 2.64 bits per heavy atom. The lowest BCUT2D eigenvalue weighted by Crippen LogP contribution is -2.32. The normalized spacial score (nSPS) is 10.5. The van der Waals surface area contributed by atoms with Crippen molar-refractivity contribution in [1.82, 2.24) is 25.3 Å². The number of carbonyl (C=O) groups is 1. The van der Waals surface area contributed by atoms with E-state index in [2.05, 4.69) is 25.9 Å². The highest BCUT2D eigenvalue weighted by atomic mass is 19.1. The minimum absolute atomic E-state index is 0.0498. The Labute approximate surface area is 161 Å². The minimum Gasteiger partial charge on any atom is -0.481 e. The lowest BCUT2D eigenvalue weighted by molar-refractivity contribution is -0.123. The first-order chi connectivity index (χ1) is 13.5. The van der Waals surface area contributed by atoms with Crippen molar-refractivity contribution in [1.29, 1.82) is 0 Å². The Balaban J connectivity index is 1.40. The highest BCUT2D eigenvalue weighted by molar-refractivity contribution is 5.77. The zero-order valence-corrected chi connectivity index (χ0v) is 15.6. The van der Waals surface area contributed by atoms with E-state index in [1.807, 2.05) is 26.0 Å². The van der Waals surface area contributed by atoms with E-state index in [1.165, 1.54) is 12.1 Å². The standard InChI is InChI=1S/C19H21FN6O2/c1-13-11-14(2)26(25-13)18-8-7-17(23-24-18)21-9-10-22-19(27)12-28-16-6-4-3-5-15(16)20/h3-8,11H,9-10,12H2,1-2H3,(H,21,23)(H,22,27). The monoisotopic (exact) mass is 384 g/mol. The van der Waals surface area contributed by atoms with Crippen LogP contribution in [0.5, 0.6) is 5.75 Å². The van der Waals surface area contributed by atoms with Gasteiger partial charge < -0.3 is 15.4 Å². The van der Waals surface area contributed by atoms with Crippen LogP contribution in [0.2, 0.25) is 0 Å². The number of para-hydroxylation sites is 1. The van der Waals surface area contributed by atoms with Gasteiger partial charge in [0.1, 0.15) is 5.82 Å². The van der Waals surface area contributed by atoms with E-state index in [-0.39, 0.29) is 18.3 Å².